The maximum Gasteiger partial charge on any atom is 0.268 e. The van der Waals surface area contributed by atoms with Gasteiger partial charge in [-0.3, -0.25) is 4.79 Å². The fourth-order valence-electron chi connectivity index (χ4n) is 2.03. The Balaban J connectivity index is 2.16. The second-order valence-electron chi connectivity index (χ2n) is 4.73. The number of ether oxygens (including phenoxy) is 1. The molecule has 0 spiro atoms. The number of methoxy groups -OCH3 is 1. The van der Waals surface area contributed by atoms with Gasteiger partial charge in [-0.15, -0.1) is 0 Å². The van der Waals surface area contributed by atoms with Crippen molar-refractivity contribution in [3.05, 3.63) is 41.9 Å². The molecule has 2 heterocycles. The minimum absolute atomic E-state index is 0.0339. The van der Waals surface area contributed by atoms with Crippen LogP contribution in [0.5, 0.6) is 5.88 Å². The van der Waals surface area contributed by atoms with Gasteiger partial charge in [0.1, 0.15) is 10.6 Å². The first-order chi connectivity index (χ1) is 10.9. The van der Waals surface area contributed by atoms with E-state index in [1.165, 1.54) is 31.0 Å². The van der Waals surface area contributed by atoms with Gasteiger partial charge in [0.15, 0.2) is 0 Å². The van der Waals surface area contributed by atoms with E-state index in [4.69, 9.17) is 4.74 Å². The first-order valence-corrected chi connectivity index (χ1v) is 8.23. The highest BCUT2D eigenvalue weighted by Gasteiger charge is 2.19. The SMILES string of the molecule is CNS(=O)(=O)c1cc(C(=O)NCc2cccnc2OC)n(C)c1. The molecule has 0 bridgehead atoms. The van der Waals surface area contributed by atoms with Crippen molar-refractivity contribution in [1.82, 2.24) is 19.6 Å². The third-order valence-corrected chi connectivity index (χ3v) is 4.66. The monoisotopic (exact) mass is 338 g/mol. The van der Waals surface area contributed by atoms with Crippen LogP contribution >= 0.6 is 0 Å². The van der Waals surface area contributed by atoms with Gasteiger partial charge in [0.2, 0.25) is 15.9 Å². The van der Waals surface area contributed by atoms with E-state index in [2.05, 4.69) is 15.0 Å². The van der Waals surface area contributed by atoms with Crippen LogP contribution in [0.15, 0.2) is 35.5 Å². The standard InChI is InChI=1S/C14H18N4O4S/c1-15-23(20,21)11-7-12(18(2)9-11)13(19)17-8-10-5-4-6-16-14(10)22-3/h4-7,9,15H,8H2,1-3H3,(H,17,19). The van der Waals surface area contributed by atoms with Gasteiger partial charge in [-0.25, -0.2) is 18.1 Å². The van der Waals surface area contributed by atoms with Gasteiger partial charge in [-0.05, 0) is 19.2 Å². The molecule has 0 aliphatic carbocycles. The largest absolute Gasteiger partial charge is 0.481 e. The van der Waals surface area contributed by atoms with Crippen molar-refractivity contribution >= 4 is 15.9 Å². The number of nitrogens with one attached hydrogen (secondary N) is 2. The van der Waals surface area contributed by atoms with Crippen LogP contribution in [0.1, 0.15) is 16.1 Å². The maximum absolute atomic E-state index is 12.3. The fourth-order valence-corrected chi connectivity index (χ4v) is 2.83. The van der Waals surface area contributed by atoms with E-state index in [0.29, 0.717) is 5.88 Å². The van der Waals surface area contributed by atoms with Gasteiger partial charge in [0.05, 0.1) is 7.11 Å². The van der Waals surface area contributed by atoms with Crippen molar-refractivity contribution in [3.8, 4) is 5.88 Å². The van der Waals surface area contributed by atoms with Crippen LogP contribution in [0.4, 0.5) is 0 Å². The van der Waals surface area contributed by atoms with E-state index in [9.17, 15) is 13.2 Å². The average Bonchev–Trinajstić information content (AvgIpc) is 2.95. The predicted molar refractivity (Wildman–Crippen MR) is 83.6 cm³/mol. The second-order valence-corrected chi connectivity index (χ2v) is 6.62. The predicted octanol–water partition coefficient (Wildman–Crippen LogP) is 0.267. The molecule has 2 aromatic heterocycles. The summed E-state index contributed by atoms with van der Waals surface area (Å²) < 4.78 is 32.3. The lowest BCUT2D eigenvalue weighted by Crippen LogP contribution is -2.25. The van der Waals surface area contributed by atoms with Gasteiger partial charge in [0, 0.05) is 31.5 Å². The van der Waals surface area contributed by atoms with E-state index in [-0.39, 0.29) is 17.1 Å². The Hall–Kier alpha value is -2.39. The Kier molecular flexibility index (Phi) is 5.02. The molecule has 2 aromatic rings. The summed E-state index contributed by atoms with van der Waals surface area (Å²) >= 11 is 0. The molecular weight excluding hydrogens is 320 g/mol. The molecule has 0 saturated heterocycles. The number of hydrogen-bond donors (Lipinski definition) is 2. The lowest BCUT2D eigenvalue weighted by Gasteiger charge is -2.08. The normalized spacial score (nSPS) is 11.3. The summed E-state index contributed by atoms with van der Waals surface area (Å²) in [5.74, 6) is 0.0362. The van der Waals surface area contributed by atoms with E-state index >= 15 is 0 Å². The quantitative estimate of drug-likeness (QED) is 0.787. The number of carbonyl (C=O) groups excluding carboxylic acids is 1. The molecule has 0 radical (unpaired) electrons. The number of amides is 1. The molecule has 1 amide bonds. The maximum atomic E-state index is 12.3. The van der Waals surface area contributed by atoms with Crippen LogP contribution in [-0.4, -0.2) is 38.0 Å². The van der Waals surface area contributed by atoms with Crippen molar-refractivity contribution in [1.29, 1.82) is 0 Å². The number of pyridine rings is 1. The third-order valence-electron chi connectivity index (χ3n) is 3.27. The summed E-state index contributed by atoms with van der Waals surface area (Å²) in [7, 11) is 0.829. The molecule has 9 heteroatoms. The molecule has 124 valence electrons. The number of aromatic nitrogens is 2. The number of aryl methyl sites for hydroxylation is 1. The summed E-state index contributed by atoms with van der Waals surface area (Å²) in [6.07, 6.45) is 2.97. The summed E-state index contributed by atoms with van der Waals surface area (Å²) in [6, 6.07) is 4.85. The first-order valence-electron chi connectivity index (χ1n) is 6.75. The first kappa shape index (κ1) is 17.0. The van der Waals surface area contributed by atoms with E-state index in [0.717, 1.165) is 5.56 Å². The second kappa shape index (κ2) is 6.80. The van der Waals surface area contributed by atoms with Crippen LogP contribution in [0.2, 0.25) is 0 Å². The molecule has 2 N–H and O–H groups in total. The molecular formula is C14H18N4O4S. The topological polar surface area (TPSA) is 102 Å². The van der Waals surface area contributed by atoms with Crippen LogP contribution in [0, 0.1) is 0 Å². The minimum Gasteiger partial charge on any atom is -0.481 e. The van der Waals surface area contributed by atoms with Gasteiger partial charge >= 0.3 is 0 Å². The van der Waals surface area contributed by atoms with Crippen LogP contribution in [0.3, 0.4) is 0 Å². The molecule has 0 aliphatic rings. The lowest BCUT2D eigenvalue weighted by molar-refractivity contribution is 0.0942. The summed E-state index contributed by atoms with van der Waals surface area (Å²) in [5, 5.41) is 2.72. The van der Waals surface area contributed by atoms with Gasteiger partial charge < -0.3 is 14.6 Å². The molecule has 0 unspecified atom stereocenters. The number of carbonyl (C=O) groups is 1. The Morgan fingerprint density at radius 2 is 2.17 bits per heavy atom. The third kappa shape index (κ3) is 3.69. The van der Waals surface area contributed by atoms with Crippen molar-refractivity contribution in [2.24, 2.45) is 7.05 Å². The smallest absolute Gasteiger partial charge is 0.268 e. The van der Waals surface area contributed by atoms with Crippen molar-refractivity contribution in [2.75, 3.05) is 14.2 Å². The molecule has 0 aromatic carbocycles. The van der Waals surface area contributed by atoms with Gasteiger partial charge in [-0.2, -0.15) is 0 Å². The highest BCUT2D eigenvalue weighted by Crippen LogP contribution is 2.15. The zero-order chi connectivity index (χ0) is 17.0. The van der Waals surface area contributed by atoms with Gasteiger partial charge in [0.25, 0.3) is 5.91 Å². The number of nitrogens with zero attached hydrogens (tertiary/aromatic N) is 2. The molecule has 0 atom stereocenters. The number of hydrogen-bond acceptors (Lipinski definition) is 5. The van der Waals surface area contributed by atoms with E-state index in [1.807, 2.05) is 0 Å². The summed E-state index contributed by atoms with van der Waals surface area (Å²) in [6.45, 7) is 0.217. The van der Waals surface area contributed by atoms with Crippen molar-refractivity contribution in [3.63, 3.8) is 0 Å². The van der Waals surface area contributed by atoms with Crippen molar-refractivity contribution < 1.29 is 17.9 Å². The Bertz CT molecular complexity index is 814. The molecule has 8 nitrogen and oxygen atoms in total. The Labute approximate surface area is 134 Å². The van der Waals surface area contributed by atoms with Gasteiger partial charge in [-0.1, -0.05) is 6.07 Å². The van der Waals surface area contributed by atoms with Crippen LogP contribution in [0.25, 0.3) is 0 Å². The highest BCUT2D eigenvalue weighted by molar-refractivity contribution is 7.89. The Morgan fingerprint density at radius 1 is 1.43 bits per heavy atom. The number of rotatable bonds is 6. The lowest BCUT2D eigenvalue weighted by atomic mass is 10.2. The average molecular weight is 338 g/mol. The zero-order valence-electron chi connectivity index (χ0n) is 13.0. The molecule has 0 saturated carbocycles. The fraction of sp³-hybridized carbons (Fsp3) is 0.286. The molecule has 0 aliphatic heterocycles. The van der Waals surface area contributed by atoms with Crippen molar-refractivity contribution in [2.45, 2.75) is 11.4 Å². The summed E-state index contributed by atoms with van der Waals surface area (Å²) in [5.41, 5.74) is 0.960. The van der Waals surface area contributed by atoms with E-state index in [1.54, 1.807) is 25.4 Å². The molecule has 23 heavy (non-hydrogen) atoms. The van der Waals surface area contributed by atoms with Crippen LogP contribution in [-0.2, 0) is 23.6 Å². The zero-order valence-corrected chi connectivity index (χ0v) is 13.8. The highest BCUT2D eigenvalue weighted by atomic mass is 32.2. The Morgan fingerprint density at radius 3 is 2.83 bits per heavy atom. The molecule has 0 fully saturated rings. The van der Waals surface area contributed by atoms with Crippen LogP contribution < -0.4 is 14.8 Å². The molecule has 2 rings (SSSR count). The summed E-state index contributed by atoms with van der Waals surface area (Å²) in [4.78, 5) is 16.3. The van der Waals surface area contributed by atoms with E-state index < -0.39 is 15.9 Å². The number of sulfonamides is 1. The minimum atomic E-state index is -3.59.